The quantitative estimate of drug-likeness (QED) is 0.552. The molecule has 3 rings (SSSR count). The second-order valence-corrected chi connectivity index (χ2v) is 6.33. The normalized spacial score (nSPS) is 11.5. The van der Waals surface area contributed by atoms with Crippen LogP contribution in [0.2, 0.25) is 0 Å². The Hall–Kier alpha value is -2.73. The lowest BCUT2D eigenvalue weighted by molar-refractivity contribution is 0.964. The van der Waals surface area contributed by atoms with E-state index in [0.717, 1.165) is 17.0 Å². The predicted octanol–water partition coefficient (Wildman–Crippen LogP) is 3.48. The molecule has 0 fully saturated rings. The largest absolute Gasteiger partial charge is 0.370 e. The third kappa shape index (κ3) is 4.17. The van der Waals surface area contributed by atoms with E-state index in [-0.39, 0.29) is 0 Å². The molecule has 3 aromatic rings. The summed E-state index contributed by atoms with van der Waals surface area (Å²) in [5.74, 6) is 0.360. The van der Waals surface area contributed by atoms with Crippen LogP contribution < -0.4 is 11.1 Å². The average molecular weight is 337 g/mol. The number of rotatable bonds is 5. The zero-order valence-electron chi connectivity index (χ0n) is 13.4. The number of nitrogens with zero attached hydrogens (tertiary/aromatic N) is 3. The second kappa shape index (κ2) is 7.70. The number of benzene rings is 2. The number of nitrogens with two attached hydrogens (primary N) is 1. The van der Waals surface area contributed by atoms with Crippen LogP contribution in [0.15, 0.2) is 59.6 Å². The fourth-order valence-electron chi connectivity index (χ4n) is 2.29. The van der Waals surface area contributed by atoms with E-state index in [1.165, 1.54) is 22.5 Å². The van der Waals surface area contributed by atoms with Crippen LogP contribution in [-0.2, 0) is 6.42 Å². The van der Waals surface area contributed by atoms with E-state index in [1.54, 1.807) is 0 Å². The maximum absolute atomic E-state index is 5.93. The van der Waals surface area contributed by atoms with Gasteiger partial charge in [-0.15, -0.1) is 10.2 Å². The fourth-order valence-corrected chi connectivity index (χ4v) is 3.14. The van der Waals surface area contributed by atoms with Crippen LogP contribution in [0.5, 0.6) is 0 Å². The standard InChI is InChI=1S/C18H19N5S/c1-13-7-5-6-10-15(13)16-22-23-18(24-16)21-17(19)20-12-11-14-8-3-2-4-9-14/h2-10H,11-12H2,1H3,(H3,19,20,21,23). The zero-order valence-corrected chi connectivity index (χ0v) is 14.3. The van der Waals surface area contributed by atoms with E-state index in [0.29, 0.717) is 17.6 Å². The Morgan fingerprint density at radius 3 is 2.62 bits per heavy atom. The van der Waals surface area contributed by atoms with E-state index in [4.69, 9.17) is 5.73 Å². The minimum Gasteiger partial charge on any atom is -0.370 e. The van der Waals surface area contributed by atoms with Crippen LogP contribution in [0.25, 0.3) is 10.6 Å². The van der Waals surface area contributed by atoms with Crippen molar-refractivity contribution in [3.63, 3.8) is 0 Å². The summed E-state index contributed by atoms with van der Waals surface area (Å²) in [6, 6.07) is 18.3. The molecule has 0 saturated heterocycles. The third-order valence-electron chi connectivity index (χ3n) is 3.56. The summed E-state index contributed by atoms with van der Waals surface area (Å²) < 4.78 is 0. The van der Waals surface area contributed by atoms with E-state index >= 15 is 0 Å². The van der Waals surface area contributed by atoms with Crippen LogP contribution in [0.1, 0.15) is 11.1 Å². The number of aliphatic imine (C=N–C) groups is 1. The molecule has 0 spiro atoms. The predicted molar refractivity (Wildman–Crippen MR) is 100 cm³/mol. The van der Waals surface area contributed by atoms with Gasteiger partial charge in [-0.2, -0.15) is 0 Å². The molecule has 0 aliphatic rings. The smallest absolute Gasteiger partial charge is 0.212 e. The number of hydrogen-bond donors (Lipinski definition) is 2. The number of hydrogen-bond acceptors (Lipinski definition) is 4. The van der Waals surface area contributed by atoms with Crippen molar-refractivity contribution in [3.05, 3.63) is 65.7 Å². The molecule has 0 aliphatic heterocycles. The molecular weight excluding hydrogens is 318 g/mol. The lowest BCUT2D eigenvalue weighted by Gasteiger charge is -2.02. The monoisotopic (exact) mass is 337 g/mol. The van der Waals surface area contributed by atoms with Gasteiger partial charge in [0.1, 0.15) is 5.01 Å². The molecule has 122 valence electrons. The highest BCUT2D eigenvalue weighted by atomic mass is 32.1. The topological polar surface area (TPSA) is 76.2 Å². The Morgan fingerprint density at radius 1 is 1.08 bits per heavy atom. The van der Waals surface area contributed by atoms with Gasteiger partial charge in [-0.1, -0.05) is 65.9 Å². The third-order valence-corrected chi connectivity index (χ3v) is 4.43. The van der Waals surface area contributed by atoms with E-state index in [1.807, 2.05) is 36.4 Å². The van der Waals surface area contributed by atoms with Crippen molar-refractivity contribution in [1.29, 1.82) is 0 Å². The Balaban J connectivity index is 1.60. The number of nitrogens with one attached hydrogen (secondary N) is 1. The molecule has 5 nitrogen and oxygen atoms in total. The van der Waals surface area contributed by atoms with Gasteiger partial charge in [0.05, 0.1) is 0 Å². The van der Waals surface area contributed by atoms with Crippen molar-refractivity contribution in [2.24, 2.45) is 10.7 Å². The van der Waals surface area contributed by atoms with Gasteiger partial charge in [0.2, 0.25) is 5.13 Å². The minimum atomic E-state index is 0.360. The summed E-state index contributed by atoms with van der Waals surface area (Å²) in [6.07, 6.45) is 0.855. The number of aryl methyl sites for hydroxylation is 1. The van der Waals surface area contributed by atoms with Crippen molar-refractivity contribution < 1.29 is 0 Å². The molecule has 3 N–H and O–H groups in total. The second-order valence-electron chi connectivity index (χ2n) is 5.35. The van der Waals surface area contributed by atoms with Crippen LogP contribution >= 0.6 is 11.3 Å². The van der Waals surface area contributed by atoms with Gasteiger partial charge < -0.3 is 11.1 Å². The van der Waals surface area contributed by atoms with Crippen molar-refractivity contribution in [1.82, 2.24) is 10.2 Å². The highest BCUT2D eigenvalue weighted by Crippen LogP contribution is 2.28. The average Bonchev–Trinajstić information content (AvgIpc) is 3.04. The lowest BCUT2D eigenvalue weighted by atomic mass is 10.1. The summed E-state index contributed by atoms with van der Waals surface area (Å²) in [4.78, 5) is 4.34. The van der Waals surface area contributed by atoms with Crippen molar-refractivity contribution in [2.45, 2.75) is 13.3 Å². The van der Waals surface area contributed by atoms with Gasteiger partial charge in [0.15, 0.2) is 5.96 Å². The molecule has 1 aromatic heterocycles. The van der Waals surface area contributed by atoms with Crippen LogP contribution in [0.3, 0.4) is 0 Å². The molecule has 0 amide bonds. The minimum absolute atomic E-state index is 0.360. The first-order valence-corrected chi connectivity index (χ1v) is 8.54. The van der Waals surface area contributed by atoms with Gasteiger partial charge in [0, 0.05) is 12.1 Å². The van der Waals surface area contributed by atoms with Gasteiger partial charge in [0.25, 0.3) is 0 Å². The number of guanidine groups is 1. The van der Waals surface area contributed by atoms with Crippen LogP contribution in [0.4, 0.5) is 5.13 Å². The summed E-state index contributed by atoms with van der Waals surface area (Å²) in [5.41, 5.74) is 9.42. The van der Waals surface area contributed by atoms with E-state index < -0.39 is 0 Å². The van der Waals surface area contributed by atoms with Crippen LogP contribution in [-0.4, -0.2) is 22.7 Å². The summed E-state index contributed by atoms with van der Waals surface area (Å²) in [7, 11) is 0. The molecule has 0 aliphatic carbocycles. The van der Waals surface area contributed by atoms with E-state index in [2.05, 4.69) is 45.6 Å². The maximum atomic E-state index is 5.93. The van der Waals surface area contributed by atoms with E-state index in [9.17, 15) is 0 Å². The Morgan fingerprint density at radius 2 is 1.83 bits per heavy atom. The van der Waals surface area contributed by atoms with Crippen molar-refractivity contribution in [3.8, 4) is 10.6 Å². The molecule has 24 heavy (non-hydrogen) atoms. The molecule has 0 unspecified atom stereocenters. The highest BCUT2D eigenvalue weighted by molar-refractivity contribution is 7.18. The van der Waals surface area contributed by atoms with Gasteiger partial charge in [-0.25, -0.2) is 0 Å². The first kappa shape index (κ1) is 16.1. The first-order chi connectivity index (χ1) is 11.7. The molecular formula is C18H19N5S. The van der Waals surface area contributed by atoms with Crippen molar-refractivity contribution >= 4 is 22.4 Å². The molecule has 2 aromatic carbocycles. The highest BCUT2D eigenvalue weighted by Gasteiger charge is 2.09. The summed E-state index contributed by atoms with van der Waals surface area (Å²) >= 11 is 1.46. The first-order valence-electron chi connectivity index (χ1n) is 7.73. The number of aromatic nitrogens is 2. The molecule has 0 atom stereocenters. The maximum Gasteiger partial charge on any atom is 0.212 e. The van der Waals surface area contributed by atoms with Crippen molar-refractivity contribution in [2.75, 3.05) is 11.9 Å². The van der Waals surface area contributed by atoms with Gasteiger partial charge >= 0.3 is 0 Å². The van der Waals surface area contributed by atoms with Gasteiger partial charge in [-0.3, -0.25) is 4.99 Å². The Labute approximate surface area is 145 Å². The number of anilines is 1. The molecule has 0 saturated carbocycles. The molecule has 0 bridgehead atoms. The van der Waals surface area contributed by atoms with Crippen LogP contribution in [0, 0.1) is 6.92 Å². The lowest BCUT2D eigenvalue weighted by Crippen LogP contribution is -2.23. The molecule has 1 heterocycles. The van der Waals surface area contributed by atoms with Gasteiger partial charge in [-0.05, 0) is 24.5 Å². The fraction of sp³-hybridized carbons (Fsp3) is 0.167. The zero-order chi connectivity index (χ0) is 16.8. The summed E-state index contributed by atoms with van der Waals surface area (Å²) in [6.45, 7) is 2.69. The SMILES string of the molecule is Cc1ccccc1-c1nnc(NC(N)=NCCc2ccccc2)s1. The summed E-state index contributed by atoms with van der Waals surface area (Å²) in [5, 5.41) is 12.9. The Kier molecular flexibility index (Phi) is 5.18. The molecule has 6 heteroatoms. The molecule has 0 radical (unpaired) electrons. The Bertz CT molecular complexity index is 826.